The van der Waals surface area contributed by atoms with Crippen molar-refractivity contribution < 1.29 is 4.42 Å². The minimum Gasteiger partial charge on any atom is -0.444 e. The van der Waals surface area contributed by atoms with E-state index in [1.165, 1.54) is 5.56 Å². The number of rotatable bonds is 6. The van der Waals surface area contributed by atoms with Crippen LogP contribution in [0.2, 0.25) is 5.02 Å². The molecule has 3 aromatic rings. The van der Waals surface area contributed by atoms with Gasteiger partial charge in [0.1, 0.15) is 6.26 Å². The van der Waals surface area contributed by atoms with E-state index in [2.05, 4.69) is 20.6 Å². The van der Waals surface area contributed by atoms with E-state index in [0.717, 1.165) is 35.2 Å². The van der Waals surface area contributed by atoms with Gasteiger partial charge in [0.2, 0.25) is 5.89 Å². The molecule has 5 nitrogen and oxygen atoms in total. The van der Waals surface area contributed by atoms with Gasteiger partial charge in [-0.1, -0.05) is 41.9 Å². The zero-order chi connectivity index (χ0) is 18.2. The number of nitrogens with zero attached hydrogens (tertiary/aromatic N) is 2. The second-order valence-corrected chi connectivity index (χ2v) is 6.18. The summed E-state index contributed by atoms with van der Waals surface area (Å²) in [5, 5.41) is 7.28. The summed E-state index contributed by atoms with van der Waals surface area (Å²) in [6.45, 7) is 1.31. The molecule has 1 heterocycles. The predicted molar refractivity (Wildman–Crippen MR) is 121 cm³/mol. The molecule has 142 valence electrons. The molecule has 3 rings (SSSR count). The van der Waals surface area contributed by atoms with Gasteiger partial charge in [0.05, 0.1) is 12.2 Å². The number of halogens is 2. The van der Waals surface area contributed by atoms with E-state index in [-0.39, 0.29) is 24.0 Å². The summed E-state index contributed by atoms with van der Waals surface area (Å²) in [6, 6.07) is 17.7. The number of nitrogens with one attached hydrogen (secondary N) is 2. The van der Waals surface area contributed by atoms with Crippen LogP contribution in [0.3, 0.4) is 0 Å². The second kappa shape index (κ2) is 10.9. The zero-order valence-corrected chi connectivity index (χ0v) is 18.1. The topological polar surface area (TPSA) is 62.5 Å². The maximum atomic E-state index is 5.90. The minimum absolute atomic E-state index is 0. The summed E-state index contributed by atoms with van der Waals surface area (Å²) in [5.74, 6) is 1.34. The highest BCUT2D eigenvalue weighted by Gasteiger charge is 2.07. The average Bonchev–Trinajstić information content (AvgIpc) is 3.16. The van der Waals surface area contributed by atoms with Crippen LogP contribution >= 0.6 is 35.6 Å². The van der Waals surface area contributed by atoms with Crippen LogP contribution in [0.15, 0.2) is 70.3 Å². The maximum Gasteiger partial charge on any atom is 0.226 e. The molecule has 0 saturated carbocycles. The highest BCUT2D eigenvalue weighted by atomic mass is 127. The van der Waals surface area contributed by atoms with Crippen LogP contribution in [0.25, 0.3) is 11.5 Å². The number of hydrogen-bond donors (Lipinski definition) is 2. The van der Waals surface area contributed by atoms with Gasteiger partial charge in [0.25, 0.3) is 0 Å². The summed E-state index contributed by atoms with van der Waals surface area (Å²) in [6.07, 6.45) is 2.55. The van der Waals surface area contributed by atoms with Crippen molar-refractivity contribution >= 4 is 41.5 Å². The largest absolute Gasteiger partial charge is 0.444 e. The SMILES string of the molecule is CN=C(NCCc1ccc(Cl)cc1)NCc1coc(-c2ccccc2)n1.I. The van der Waals surface area contributed by atoms with Crippen molar-refractivity contribution in [2.45, 2.75) is 13.0 Å². The highest BCUT2D eigenvalue weighted by molar-refractivity contribution is 14.0. The Bertz CT molecular complexity index is 850. The summed E-state index contributed by atoms with van der Waals surface area (Å²) >= 11 is 5.90. The van der Waals surface area contributed by atoms with Crippen molar-refractivity contribution in [3.63, 3.8) is 0 Å². The molecule has 0 spiro atoms. The summed E-state index contributed by atoms with van der Waals surface area (Å²) < 4.78 is 5.54. The fourth-order valence-electron chi connectivity index (χ4n) is 2.47. The van der Waals surface area contributed by atoms with E-state index in [1.54, 1.807) is 13.3 Å². The maximum absolute atomic E-state index is 5.90. The molecule has 27 heavy (non-hydrogen) atoms. The lowest BCUT2D eigenvalue weighted by Gasteiger charge is -2.10. The normalized spacial score (nSPS) is 11.0. The highest BCUT2D eigenvalue weighted by Crippen LogP contribution is 2.17. The summed E-state index contributed by atoms with van der Waals surface area (Å²) in [4.78, 5) is 8.73. The Hall–Kier alpha value is -2.06. The Morgan fingerprint density at radius 2 is 1.81 bits per heavy atom. The van der Waals surface area contributed by atoms with Crippen LogP contribution in [0.4, 0.5) is 0 Å². The van der Waals surface area contributed by atoms with Gasteiger partial charge in [0, 0.05) is 24.2 Å². The number of hydrogen-bond acceptors (Lipinski definition) is 3. The van der Waals surface area contributed by atoms with E-state index >= 15 is 0 Å². The Kier molecular flexibility index (Phi) is 8.60. The molecule has 0 fully saturated rings. The quantitative estimate of drug-likeness (QED) is 0.299. The first-order valence-corrected chi connectivity index (χ1v) is 8.81. The van der Waals surface area contributed by atoms with Crippen molar-refractivity contribution in [3.8, 4) is 11.5 Å². The number of guanidine groups is 1. The van der Waals surface area contributed by atoms with Gasteiger partial charge in [-0.3, -0.25) is 4.99 Å². The van der Waals surface area contributed by atoms with Crippen LogP contribution in [-0.2, 0) is 13.0 Å². The smallest absolute Gasteiger partial charge is 0.226 e. The first kappa shape index (κ1) is 21.2. The van der Waals surface area contributed by atoms with Gasteiger partial charge in [0.15, 0.2) is 5.96 Å². The third-order valence-corrected chi connectivity index (χ3v) is 4.10. The van der Waals surface area contributed by atoms with Crippen molar-refractivity contribution in [1.29, 1.82) is 0 Å². The zero-order valence-electron chi connectivity index (χ0n) is 15.0. The molecule has 0 unspecified atom stereocenters. The van der Waals surface area contributed by atoms with Crippen LogP contribution in [-0.4, -0.2) is 24.5 Å². The second-order valence-electron chi connectivity index (χ2n) is 5.74. The molecule has 2 N–H and O–H groups in total. The van der Waals surface area contributed by atoms with Gasteiger partial charge in [-0.2, -0.15) is 0 Å². The Morgan fingerprint density at radius 3 is 2.52 bits per heavy atom. The molecule has 0 amide bonds. The predicted octanol–water partition coefficient (Wildman–Crippen LogP) is 4.52. The Labute approximate surface area is 181 Å². The molecular formula is C20H22ClIN4O. The van der Waals surface area contributed by atoms with Crippen LogP contribution in [0.1, 0.15) is 11.3 Å². The number of benzene rings is 2. The molecule has 0 aliphatic carbocycles. The fourth-order valence-corrected chi connectivity index (χ4v) is 2.60. The van der Waals surface area contributed by atoms with Gasteiger partial charge < -0.3 is 15.1 Å². The Balaban J connectivity index is 0.00000261. The van der Waals surface area contributed by atoms with E-state index in [9.17, 15) is 0 Å². The fraction of sp³-hybridized carbons (Fsp3) is 0.200. The number of aromatic nitrogens is 1. The standard InChI is InChI=1S/C20H21ClN4O.HI/c1-22-20(23-12-11-15-7-9-17(21)10-8-15)24-13-18-14-26-19(25-18)16-5-3-2-4-6-16;/h2-10,14H,11-13H2,1H3,(H2,22,23,24);1H. The van der Waals surface area contributed by atoms with Crippen LogP contribution < -0.4 is 10.6 Å². The summed E-state index contributed by atoms with van der Waals surface area (Å²) in [5.41, 5.74) is 3.01. The van der Waals surface area contributed by atoms with Crippen LogP contribution in [0, 0.1) is 0 Å². The van der Waals surface area contributed by atoms with E-state index in [0.29, 0.717) is 12.4 Å². The molecule has 0 aliphatic rings. The lowest BCUT2D eigenvalue weighted by molar-refractivity contribution is 0.572. The monoisotopic (exact) mass is 496 g/mol. The molecule has 0 aliphatic heterocycles. The van der Waals surface area contributed by atoms with Crippen molar-refractivity contribution in [1.82, 2.24) is 15.6 Å². The van der Waals surface area contributed by atoms with Crippen molar-refractivity contribution in [3.05, 3.63) is 77.1 Å². The third kappa shape index (κ3) is 6.55. The average molecular weight is 497 g/mol. The number of aliphatic imine (C=N–C) groups is 1. The third-order valence-electron chi connectivity index (χ3n) is 3.85. The van der Waals surface area contributed by atoms with Crippen molar-refractivity contribution in [2.24, 2.45) is 4.99 Å². The van der Waals surface area contributed by atoms with E-state index < -0.39 is 0 Å². The van der Waals surface area contributed by atoms with E-state index in [1.807, 2.05) is 54.6 Å². The summed E-state index contributed by atoms with van der Waals surface area (Å²) in [7, 11) is 1.75. The first-order chi connectivity index (χ1) is 12.7. The molecule has 1 aromatic heterocycles. The van der Waals surface area contributed by atoms with Gasteiger partial charge in [-0.15, -0.1) is 24.0 Å². The molecule has 0 atom stereocenters. The minimum atomic E-state index is 0. The lowest BCUT2D eigenvalue weighted by Crippen LogP contribution is -2.37. The molecule has 0 bridgehead atoms. The van der Waals surface area contributed by atoms with Gasteiger partial charge in [-0.25, -0.2) is 4.98 Å². The molecule has 0 radical (unpaired) electrons. The van der Waals surface area contributed by atoms with Gasteiger partial charge >= 0.3 is 0 Å². The van der Waals surface area contributed by atoms with E-state index in [4.69, 9.17) is 16.0 Å². The first-order valence-electron chi connectivity index (χ1n) is 8.43. The molecular weight excluding hydrogens is 475 g/mol. The number of oxazole rings is 1. The molecule has 0 saturated heterocycles. The Morgan fingerprint density at radius 1 is 1.07 bits per heavy atom. The molecule has 7 heteroatoms. The lowest BCUT2D eigenvalue weighted by atomic mass is 10.1. The van der Waals surface area contributed by atoms with Gasteiger partial charge in [-0.05, 0) is 36.2 Å². The molecule has 2 aromatic carbocycles. The van der Waals surface area contributed by atoms with Crippen LogP contribution in [0.5, 0.6) is 0 Å². The van der Waals surface area contributed by atoms with Crippen molar-refractivity contribution in [2.75, 3.05) is 13.6 Å².